The number of rotatable bonds is 3. The molecule has 0 saturated heterocycles. The zero-order chi connectivity index (χ0) is 13.8. The number of amidine groups is 1. The van der Waals surface area contributed by atoms with Gasteiger partial charge in [-0.1, -0.05) is 28.1 Å². The van der Waals surface area contributed by atoms with Crippen LogP contribution in [-0.4, -0.2) is 11.5 Å². The lowest BCUT2D eigenvalue weighted by molar-refractivity contribution is 1.34. The largest absolute Gasteiger partial charge is 0.382 e. The highest BCUT2D eigenvalue weighted by Crippen LogP contribution is 2.22. The highest BCUT2D eigenvalue weighted by atomic mass is 79.9. The molecule has 0 bridgehead atoms. The first-order valence-corrected chi connectivity index (χ1v) is 6.17. The highest BCUT2D eigenvalue weighted by molar-refractivity contribution is 9.10. The molecule has 0 atom stereocenters. The van der Waals surface area contributed by atoms with Gasteiger partial charge in [-0.25, -0.2) is 0 Å². The molecular formula is C13H10BrN5. The van der Waals surface area contributed by atoms with Gasteiger partial charge in [-0.2, -0.15) is 10.4 Å². The number of fused-ring (bicyclic) bond motifs is 1. The summed E-state index contributed by atoms with van der Waals surface area (Å²) in [5, 5.41) is 21.8. The van der Waals surface area contributed by atoms with Crippen molar-refractivity contribution in [2.75, 3.05) is 5.43 Å². The first-order chi connectivity index (χ1) is 9.10. The molecule has 2 aromatic rings. The molecule has 2 rings (SSSR count). The molecule has 6 heteroatoms. The predicted molar refractivity (Wildman–Crippen MR) is 80.2 cm³/mol. The molecule has 19 heavy (non-hydrogen) atoms. The van der Waals surface area contributed by atoms with Crippen LogP contribution in [-0.2, 0) is 0 Å². The average Bonchev–Trinajstić information content (AvgIpc) is 2.39. The summed E-state index contributed by atoms with van der Waals surface area (Å²) in [5.41, 5.74) is 8.50. The molecule has 2 aromatic carbocycles. The molecule has 0 radical (unpaired) electrons. The Labute approximate surface area is 118 Å². The van der Waals surface area contributed by atoms with Gasteiger partial charge in [0.25, 0.3) is 0 Å². The van der Waals surface area contributed by atoms with Crippen molar-refractivity contribution in [2.45, 2.75) is 0 Å². The van der Waals surface area contributed by atoms with Gasteiger partial charge in [0.1, 0.15) is 6.07 Å². The maximum Gasteiger partial charge on any atom is 0.201 e. The van der Waals surface area contributed by atoms with E-state index in [1.165, 1.54) is 0 Å². The van der Waals surface area contributed by atoms with Crippen LogP contribution in [0, 0.1) is 16.7 Å². The van der Waals surface area contributed by atoms with Crippen LogP contribution in [0.25, 0.3) is 10.8 Å². The highest BCUT2D eigenvalue weighted by Gasteiger charge is 2.01. The van der Waals surface area contributed by atoms with Crippen LogP contribution in [0.2, 0.25) is 0 Å². The van der Waals surface area contributed by atoms with E-state index in [0.29, 0.717) is 0 Å². The van der Waals surface area contributed by atoms with Gasteiger partial charge in [0.15, 0.2) is 5.84 Å². The number of nitrogens with one attached hydrogen (secondary N) is 2. The molecule has 0 amide bonds. The summed E-state index contributed by atoms with van der Waals surface area (Å²) in [6.45, 7) is 0. The van der Waals surface area contributed by atoms with Crippen LogP contribution >= 0.6 is 15.9 Å². The average molecular weight is 316 g/mol. The summed E-state index contributed by atoms with van der Waals surface area (Å²) in [5.74, 6) is -0.361. The number of hydrogen-bond donors (Lipinski definition) is 3. The molecule has 5 nitrogen and oxygen atoms in total. The first kappa shape index (κ1) is 13.1. The van der Waals surface area contributed by atoms with Crippen molar-refractivity contribution in [2.24, 2.45) is 10.8 Å². The molecule has 0 fully saturated rings. The fourth-order valence-corrected chi connectivity index (χ4v) is 1.93. The van der Waals surface area contributed by atoms with Crippen LogP contribution in [0.1, 0.15) is 0 Å². The van der Waals surface area contributed by atoms with Gasteiger partial charge in [0.05, 0.1) is 5.69 Å². The van der Waals surface area contributed by atoms with E-state index in [4.69, 9.17) is 16.4 Å². The maximum atomic E-state index is 8.73. The maximum absolute atomic E-state index is 8.73. The number of halogens is 1. The topological polar surface area (TPSA) is 98.0 Å². The molecule has 0 aliphatic rings. The number of nitrogens with zero attached hydrogens (tertiary/aromatic N) is 2. The van der Waals surface area contributed by atoms with Gasteiger partial charge in [-0.3, -0.25) is 10.8 Å². The fraction of sp³-hybridized carbons (Fsp3) is 0. The van der Waals surface area contributed by atoms with E-state index in [0.717, 1.165) is 20.9 Å². The Kier molecular flexibility index (Phi) is 3.78. The lowest BCUT2D eigenvalue weighted by Gasteiger charge is -2.04. The summed E-state index contributed by atoms with van der Waals surface area (Å²) in [4.78, 5) is 0. The second kappa shape index (κ2) is 5.50. The SMILES string of the molecule is N#C/C(=N\Nc1ccc2cc(Br)ccc2c1)C(=N)N. The number of benzene rings is 2. The predicted octanol–water partition coefficient (Wildman–Crippen LogP) is 2.83. The molecular weight excluding hydrogens is 306 g/mol. The monoisotopic (exact) mass is 315 g/mol. The zero-order valence-electron chi connectivity index (χ0n) is 9.81. The zero-order valence-corrected chi connectivity index (χ0v) is 11.4. The Bertz CT molecular complexity index is 715. The van der Waals surface area contributed by atoms with Gasteiger partial charge >= 0.3 is 0 Å². The van der Waals surface area contributed by atoms with Crippen molar-refractivity contribution in [3.8, 4) is 6.07 Å². The van der Waals surface area contributed by atoms with E-state index in [2.05, 4.69) is 26.5 Å². The van der Waals surface area contributed by atoms with Crippen molar-refractivity contribution in [3.63, 3.8) is 0 Å². The van der Waals surface area contributed by atoms with Crippen LogP contribution in [0.15, 0.2) is 46.0 Å². The Hall–Kier alpha value is -2.39. The smallest absolute Gasteiger partial charge is 0.201 e. The van der Waals surface area contributed by atoms with Crippen LogP contribution < -0.4 is 11.2 Å². The van der Waals surface area contributed by atoms with Gasteiger partial charge in [-0.05, 0) is 35.0 Å². The van der Waals surface area contributed by atoms with Crippen molar-refractivity contribution in [1.29, 1.82) is 10.7 Å². The van der Waals surface area contributed by atoms with Gasteiger partial charge in [0.2, 0.25) is 5.71 Å². The second-order valence-corrected chi connectivity index (χ2v) is 4.72. The van der Waals surface area contributed by atoms with E-state index >= 15 is 0 Å². The Balaban J connectivity index is 2.30. The molecule has 0 aliphatic carbocycles. The first-order valence-electron chi connectivity index (χ1n) is 5.37. The second-order valence-electron chi connectivity index (χ2n) is 3.80. The third kappa shape index (κ3) is 3.09. The molecule has 4 N–H and O–H groups in total. The fourth-order valence-electron chi connectivity index (χ4n) is 1.55. The summed E-state index contributed by atoms with van der Waals surface area (Å²) in [6, 6.07) is 13.4. The lowest BCUT2D eigenvalue weighted by Crippen LogP contribution is -2.21. The Morgan fingerprint density at radius 2 is 1.95 bits per heavy atom. The van der Waals surface area contributed by atoms with Gasteiger partial charge in [-0.15, -0.1) is 0 Å². The van der Waals surface area contributed by atoms with E-state index in [9.17, 15) is 0 Å². The molecule has 0 unspecified atom stereocenters. The third-order valence-corrected chi connectivity index (χ3v) is 2.95. The quantitative estimate of drug-likeness (QED) is 0.461. The van der Waals surface area contributed by atoms with Crippen molar-refractivity contribution in [1.82, 2.24) is 0 Å². The van der Waals surface area contributed by atoms with Gasteiger partial charge < -0.3 is 5.73 Å². The molecule has 94 valence electrons. The molecule has 0 aliphatic heterocycles. The molecule has 0 spiro atoms. The Morgan fingerprint density at radius 3 is 2.63 bits per heavy atom. The molecule has 0 heterocycles. The van der Waals surface area contributed by atoms with Crippen molar-refractivity contribution >= 4 is 43.9 Å². The summed E-state index contributed by atoms with van der Waals surface area (Å²) >= 11 is 3.41. The van der Waals surface area contributed by atoms with Crippen LogP contribution in [0.3, 0.4) is 0 Å². The number of nitriles is 1. The van der Waals surface area contributed by atoms with E-state index in [1.807, 2.05) is 36.4 Å². The standard InChI is InChI=1S/C13H10BrN5/c14-10-3-1-9-6-11(4-2-8(9)5-10)18-19-12(7-15)13(16)17/h1-6,18H,(H3,16,17)/b19-12+. The van der Waals surface area contributed by atoms with Crippen molar-refractivity contribution in [3.05, 3.63) is 40.9 Å². The normalized spacial score (nSPS) is 11.1. The van der Waals surface area contributed by atoms with Crippen LogP contribution in [0.5, 0.6) is 0 Å². The summed E-state index contributed by atoms with van der Waals surface area (Å²) < 4.78 is 1.02. The third-order valence-electron chi connectivity index (χ3n) is 2.46. The number of nitrogens with two attached hydrogens (primary N) is 1. The Morgan fingerprint density at radius 1 is 1.26 bits per heavy atom. The molecule has 0 aromatic heterocycles. The van der Waals surface area contributed by atoms with Crippen LogP contribution in [0.4, 0.5) is 5.69 Å². The van der Waals surface area contributed by atoms with Crippen molar-refractivity contribution < 1.29 is 0 Å². The number of hydrazone groups is 1. The minimum absolute atomic E-state index is 0.143. The number of hydrogen-bond acceptors (Lipinski definition) is 4. The van der Waals surface area contributed by atoms with E-state index in [1.54, 1.807) is 6.07 Å². The minimum Gasteiger partial charge on any atom is -0.382 e. The van der Waals surface area contributed by atoms with E-state index in [-0.39, 0.29) is 11.5 Å². The summed E-state index contributed by atoms with van der Waals surface area (Å²) in [6.07, 6.45) is 0. The van der Waals surface area contributed by atoms with Gasteiger partial charge in [0, 0.05) is 4.47 Å². The number of anilines is 1. The minimum atomic E-state index is -0.361. The molecule has 0 saturated carbocycles. The lowest BCUT2D eigenvalue weighted by atomic mass is 10.1. The summed E-state index contributed by atoms with van der Waals surface area (Å²) in [7, 11) is 0. The van der Waals surface area contributed by atoms with E-state index < -0.39 is 0 Å².